The third kappa shape index (κ3) is 2.77. The van der Waals surface area contributed by atoms with Gasteiger partial charge in [-0.3, -0.25) is 0 Å². The Balaban J connectivity index is 1.93. The molecule has 0 amide bonds. The maximum atomic E-state index is 10.9. The smallest absolute Gasteiger partial charge is 0.0873 e. The highest BCUT2D eigenvalue weighted by atomic mass is 16.3. The zero-order valence-electron chi connectivity index (χ0n) is 11.6. The summed E-state index contributed by atoms with van der Waals surface area (Å²) in [6, 6.07) is 20.7. The number of benzene rings is 2. The number of aliphatic hydroxyl groups is 1. The van der Waals surface area contributed by atoms with Gasteiger partial charge in [0.1, 0.15) is 0 Å². The molecule has 2 N–H and O–H groups in total. The van der Waals surface area contributed by atoms with Gasteiger partial charge in [0.2, 0.25) is 0 Å². The minimum atomic E-state index is -0.464. The fourth-order valence-electron chi connectivity index (χ4n) is 3.19. The van der Waals surface area contributed by atoms with E-state index in [1.54, 1.807) is 0 Å². The Bertz CT molecular complexity index is 520. The second kappa shape index (κ2) is 6.21. The molecule has 0 aliphatic carbocycles. The van der Waals surface area contributed by atoms with E-state index >= 15 is 0 Å². The van der Waals surface area contributed by atoms with E-state index in [0.29, 0.717) is 6.04 Å². The Labute approximate surface area is 120 Å². The summed E-state index contributed by atoms with van der Waals surface area (Å²) in [6.07, 6.45) is 1.85. The lowest BCUT2D eigenvalue weighted by Gasteiger charge is -2.29. The highest BCUT2D eigenvalue weighted by molar-refractivity contribution is 5.28. The zero-order valence-corrected chi connectivity index (χ0v) is 11.6. The van der Waals surface area contributed by atoms with E-state index in [-0.39, 0.29) is 5.92 Å². The van der Waals surface area contributed by atoms with Crippen molar-refractivity contribution >= 4 is 0 Å². The van der Waals surface area contributed by atoms with Crippen LogP contribution in [0.4, 0.5) is 0 Å². The van der Waals surface area contributed by atoms with E-state index in [9.17, 15) is 5.11 Å². The Morgan fingerprint density at radius 3 is 2.05 bits per heavy atom. The normalized spacial score (nSPS) is 21.6. The molecule has 2 aromatic rings. The van der Waals surface area contributed by atoms with E-state index in [1.165, 1.54) is 12.0 Å². The molecule has 3 atom stereocenters. The van der Waals surface area contributed by atoms with Crippen LogP contribution in [0.3, 0.4) is 0 Å². The van der Waals surface area contributed by atoms with Crippen LogP contribution in [0.2, 0.25) is 0 Å². The van der Waals surface area contributed by atoms with Gasteiger partial charge in [0.15, 0.2) is 0 Å². The molecule has 1 saturated heterocycles. The van der Waals surface area contributed by atoms with Gasteiger partial charge in [-0.15, -0.1) is 0 Å². The monoisotopic (exact) mass is 267 g/mol. The number of hydrogen-bond donors (Lipinski definition) is 2. The lowest BCUT2D eigenvalue weighted by atomic mass is 9.83. The van der Waals surface area contributed by atoms with Crippen molar-refractivity contribution in [2.24, 2.45) is 0 Å². The van der Waals surface area contributed by atoms with Crippen molar-refractivity contribution in [1.82, 2.24) is 5.32 Å². The molecule has 2 heteroatoms. The molecule has 104 valence electrons. The topological polar surface area (TPSA) is 32.3 Å². The first-order chi connectivity index (χ1) is 9.86. The first kappa shape index (κ1) is 13.3. The van der Waals surface area contributed by atoms with Crippen LogP contribution in [-0.2, 0) is 0 Å². The largest absolute Gasteiger partial charge is 0.388 e. The molecule has 1 fully saturated rings. The molecule has 1 aliphatic heterocycles. The fourth-order valence-corrected chi connectivity index (χ4v) is 3.19. The predicted octanol–water partition coefficient (Wildman–Crippen LogP) is 3.26. The van der Waals surface area contributed by atoms with E-state index in [4.69, 9.17) is 0 Å². The Morgan fingerprint density at radius 2 is 1.50 bits per heavy atom. The van der Waals surface area contributed by atoms with Crippen LogP contribution >= 0.6 is 0 Å². The maximum Gasteiger partial charge on any atom is 0.0873 e. The number of hydrogen-bond acceptors (Lipinski definition) is 2. The summed E-state index contributed by atoms with van der Waals surface area (Å²) in [4.78, 5) is 0. The molecule has 20 heavy (non-hydrogen) atoms. The molecule has 0 radical (unpaired) electrons. The second-order valence-electron chi connectivity index (χ2n) is 5.49. The average molecular weight is 267 g/mol. The summed E-state index contributed by atoms with van der Waals surface area (Å²) < 4.78 is 0. The van der Waals surface area contributed by atoms with Crippen LogP contribution in [0.25, 0.3) is 0 Å². The van der Waals surface area contributed by atoms with Crippen LogP contribution in [-0.4, -0.2) is 17.7 Å². The first-order valence-electron chi connectivity index (χ1n) is 7.37. The summed E-state index contributed by atoms with van der Waals surface area (Å²) in [7, 11) is 0. The fraction of sp³-hybridized carbons (Fsp3) is 0.333. The van der Waals surface area contributed by atoms with Crippen LogP contribution in [0, 0.1) is 0 Å². The summed E-state index contributed by atoms with van der Waals surface area (Å²) in [5.41, 5.74) is 2.21. The van der Waals surface area contributed by atoms with Crippen LogP contribution in [0.1, 0.15) is 36.0 Å². The van der Waals surface area contributed by atoms with Crippen molar-refractivity contribution < 1.29 is 5.11 Å². The number of aliphatic hydroxyl groups excluding tert-OH is 1. The lowest BCUT2D eigenvalue weighted by Crippen LogP contribution is -2.32. The van der Waals surface area contributed by atoms with Gasteiger partial charge in [-0.25, -0.2) is 0 Å². The SMILES string of the molecule is OC(c1ccccc1)C(c1ccccc1)C1CCCN1. The zero-order chi connectivity index (χ0) is 13.8. The van der Waals surface area contributed by atoms with Crippen LogP contribution < -0.4 is 5.32 Å². The minimum Gasteiger partial charge on any atom is -0.388 e. The first-order valence-corrected chi connectivity index (χ1v) is 7.37. The third-order valence-corrected chi connectivity index (χ3v) is 4.20. The summed E-state index contributed by atoms with van der Waals surface area (Å²) >= 11 is 0. The molecule has 0 spiro atoms. The average Bonchev–Trinajstić information content (AvgIpc) is 3.03. The van der Waals surface area contributed by atoms with Gasteiger partial charge < -0.3 is 10.4 Å². The van der Waals surface area contributed by atoms with Gasteiger partial charge in [-0.2, -0.15) is 0 Å². The second-order valence-corrected chi connectivity index (χ2v) is 5.49. The molecule has 0 bridgehead atoms. The van der Waals surface area contributed by atoms with Gasteiger partial charge in [-0.1, -0.05) is 60.7 Å². The van der Waals surface area contributed by atoms with Crippen LogP contribution in [0.15, 0.2) is 60.7 Å². The molecule has 1 heterocycles. The Morgan fingerprint density at radius 1 is 0.900 bits per heavy atom. The molecule has 0 saturated carbocycles. The predicted molar refractivity (Wildman–Crippen MR) is 81.6 cm³/mol. The Kier molecular flexibility index (Phi) is 4.14. The van der Waals surface area contributed by atoms with Crippen molar-refractivity contribution in [3.63, 3.8) is 0 Å². The summed E-state index contributed by atoms with van der Waals surface area (Å²) in [5, 5.41) is 14.4. The van der Waals surface area contributed by atoms with E-state index in [2.05, 4.69) is 29.6 Å². The summed E-state index contributed by atoms with van der Waals surface area (Å²) in [5.74, 6) is 0.112. The molecule has 0 aromatic heterocycles. The molecule has 2 aromatic carbocycles. The molecule has 2 nitrogen and oxygen atoms in total. The summed E-state index contributed by atoms with van der Waals surface area (Å²) in [6.45, 7) is 1.05. The molecule has 3 rings (SSSR count). The van der Waals surface area contributed by atoms with Crippen molar-refractivity contribution in [3.05, 3.63) is 71.8 Å². The third-order valence-electron chi connectivity index (χ3n) is 4.20. The van der Waals surface area contributed by atoms with Crippen LogP contribution in [0.5, 0.6) is 0 Å². The standard InChI is InChI=1S/C18H21NO/c20-18(15-10-5-2-6-11-15)17(16-12-7-13-19-16)14-8-3-1-4-9-14/h1-6,8-11,16-20H,7,12-13H2. The van der Waals surface area contributed by atoms with Crippen molar-refractivity contribution in [2.75, 3.05) is 6.54 Å². The van der Waals surface area contributed by atoms with Gasteiger partial charge >= 0.3 is 0 Å². The highest BCUT2D eigenvalue weighted by Gasteiger charge is 2.32. The Hall–Kier alpha value is -1.64. The van der Waals surface area contributed by atoms with E-state index in [0.717, 1.165) is 18.5 Å². The quantitative estimate of drug-likeness (QED) is 0.891. The van der Waals surface area contributed by atoms with Crippen molar-refractivity contribution in [2.45, 2.75) is 30.9 Å². The highest BCUT2D eigenvalue weighted by Crippen LogP contribution is 2.36. The maximum absolute atomic E-state index is 10.9. The van der Waals surface area contributed by atoms with Crippen molar-refractivity contribution in [1.29, 1.82) is 0 Å². The molecular formula is C18H21NO. The van der Waals surface area contributed by atoms with Gasteiger partial charge in [0.25, 0.3) is 0 Å². The number of nitrogens with one attached hydrogen (secondary N) is 1. The lowest BCUT2D eigenvalue weighted by molar-refractivity contribution is 0.128. The van der Waals surface area contributed by atoms with Gasteiger partial charge in [-0.05, 0) is 30.5 Å². The molecule has 3 unspecified atom stereocenters. The minimum absolute atomic E-state index is 0.112. The molecule has 1 aliphatic rings. The number of rotatable bonds is 4. The van der Waals surface area contributed by atoms with E-state index in [1.807, 2.05) is 36.4 Å². The van der Waals surface area contributed by atoms with Gasteiger partial charge in [0, 0.05) is 12.0 Å². The van der Waals surface area contributed by atoms with E-state index < -0.39 is 6.10 Å². The molecular weight excluding hydrogens is 246 g/mol. The van der Waals surface area contributed by atoms with Gasteiger partial charge in [0.05, 0.1) is 6.10 Å². The van der Waals surface area contributed by atoms with Crippen molar-refractivity contribution in [3.8, 4) is 0 Å².